The third kappa shape index (κ3) is 4.61. The average Bonchev–Trinajstić information content (AvgIpc) is 2.81. The largest absolute Gasteiger partial charge is 0.486 e. The lowest BCUT2D eigenvalue weighted by Crippen LogP contribution is -2.39. The predicted octanol–water partition coefficient (Wildman–Crippen LogP) is 2.12. The summed E-state index contributed by atoms with van der Waals surface area (Å²) in [5.41, 5.74) is 0.863. The van der Waals surface area contributed by atoms with Crippen molar-refractivity contribution in [2.24, 2.45) is 0 Å². The highest BCUT2D eigenvalue weighted by Gasteiger charge is 2.26. The first kappa shape index (κ1) is 22.2. The Morgan fingerprint density at radius 2 is 1.50 bits per heavy atom. The van der Waals surface area contributed by atoms with E-state index in [0.29, 0.717) is 55.8 Å². The molecule has 2 aromatic carbocycles. The summed E-state index contributed by atoms with van der Waals surface area (Å²) in [6, 6.07) is 9.67. The number of benzene rings is 2. The summed E-state index contributed by atoms with van der Waals surface area (Å²) in [5.74, 6) is 1.78. The van der Waals surface area contributed by atoms with Gasteiger partial charge in [-0.25, -0.2) is 8.42 Å². The summed E-state index contributed by atoms with van der Waals surface area (Å²) in [5, 5.41) is 2.91. The summed E-state index contributed by atoms with van der Waals surface area (Å²) in [7, 11) is -2.51. The molecule has 0 saturated carbocycles. The minimum atomic E-state index is -3.89. The van der Waals surface area contributed by atoms with E-state index in [-0.39, 0.29) is 17.5 Å². The molecule has 1 amide bonds. The molecule has 172 valence electrons. The number of amides is 1. The van der Waals surface area contributed by atoms with Crippen LogP contribution in [0.3, 0.4) is 0 Å². The number of rotatable bonds is 7. The Labute approximate surface area is 187 Å². The molecular formula is C22H26N2O7S. The smallest absolute Gasteiger partial charge is 0.243 e. The summed E-state index contributed by atoms with van der Waals surface area (Å²) < 4.78 is 49.0. The van der Waals surface area contributed by atoms with Crippen molar-refractivity contribution in [1.29, 1.82) is 0 Å². The average molecular weight is 463 g/mol. The lowest BCUT2D eigenvalue weighted by molar-refractivity contribution is -0.121. The Bertz CT molecular complexity index is 1100. The molecule has 10 heteroatoms. The summed E-state index contributed by atoms with van der Waals surface area (Å²) in [4.78, 5) is 12.7. The Hall–Kier alpha value is -2.98. The van der Waals surface area contributed by atoms with Crippen molar-refractivity contribution < 1.29 is 32.2 Å². The van der Waals surface area contributed by atoms with Gasteiger partial charge in [-0.3, -0.25) is 4.79 Å². The van der Waals surface area contributed by atoms with Gasteiger partial charge in [0.2, 0.25) is 15.9 Å². The Balaban J connectivity index is 1.43. The van der Waals surface area contributed by atoms with Gasteiger partial charge >= 0.3 is 0 Å². The van der Waals surface area contributed by atoms with Crippen molar-refractivity contribution in [2.75, 3.05) is 40.0 Å². The zero-order chi connectivity index (χ0) is 22.7. The zero-order valence-electron chi connectivity index (χ0n) is 18.0. The van der Waals surface area contributed by atoms with Gasteiger partial charge in [0.15, 0.2) is 23.0 Å². The fraction of sp³-hybridized carbons (Fsp3) is 0.409. The number of fused-ring (bicyclic) bond motifs is 2. The molecule has 1 unspecified atom stereocenters. The fourth-order valence-electron chi connectivity index (χ4n) is 3.59. The van der Waals surface area contributed by atoms with E-state index in [9.17, 15) is 13.2 Å². The molecule has 4 rings (SSSR count). The highest BCUT2D eigenvalue weighted by atomic mass is 32.2. The topological polar surface area (TPSA) is 103 Å². The highest BCUT2D eigenvalue weighted by molar-refractivity contribution is 7.89. The van der Waals surface area contributed by atoms with E-state index in [0.717, 1.165) is 9.87 Å². The quantitative estimate of drug-likeness (QED) is 0.672. The van der Waals surface area contributed by atoms with Gasteiger partial charge in [-0.15, -0.1) is 0 Å². The van der Waals surface area contributed by atoms with Gasteiger partial charge in [-0.1, -0.05) is 13.0 Å². The van der Waals surface area contributed by atoms with E-state index >= 15 is 0 Å². The molecule has 0 aromatic heterocycles. The first-order chi connectivity index (χ1) is 15.4. The second kappa shape index (κ2) is 9.25. The minimum Gasteiger partial charge on any atom is -0.486 e. The monoisotopic (exact) mass is 462 g/mol. The third-order valence-electron chi connectivity index (χ3n) is 5.30. The molecule has 2 aliphatic rings. The molecule has 1 N–H and O–H groups in total. The van der Waals surface area contributed by atoms with Gasteiger partial charge in [0.25, 0.3) is 0 Å². The van der Waals surface area contributed by atoms with E-state index in [4.69, 9.17) is 18.9 Å². The number of nitrogens with one attached hydrogen (secondary N) is 1. The van der Waals surface area contributed by atoms with Gasteiger partial charge in [0.05, 0.1) is 17.5 Å². The number of carbonyl (C=O) groups is 1. The van der Waals surface area contributed by atoms with Gasteiger partial charge in [-0.2, -0.15) is 4.31 Å². The molecule has 0 bridgehead atoms. The first-order valence-corrected chi connectivity index (χ1v) is 11.9. The lowest BCUT2D eigenvalue weighted by atomic mass is 10.0. The van der Waals surface area contributed by atoms with Gasteiger partial charge in [0, 0.05) is 13.1 Å². The van der Waals surface area contributed by atoms with E-state index in [1.165, 1.54) is 19.2 Å². The van der Waals surface area contributed by atoms with Gasteiger partial charge < -0.3 is 24.3 Å². The Morgan fingerprint density at radius 1 is 0.938 bits per heavy atom. The van der Waals surface area contributed by atoms with E-state index in [2.05, 4.69) is 5.32 Å². The van der Waals surface area contributed by atoms with Crippen molar-refractivity contribution in [3.8, 4) is 23.0 Å². The standard InChI is InChI=1S/C22H26N2O7S/c1-3-17(15-4-6-18-20(12-15)30-10-8-28-18)23-22(25)14-24(2)32(26,27)16-5-7-19-21(13-16)31-11-9-29-19/h4-7,12-13,17H,3,8-11,14H2,1-2H3,(H,23,25). The maximum Gasteiger partial charge on any atom is 0.243 e. The van der Waals surface area contributed by atoms with Crippen molar-refractivity contribution in [3.63, 3.8) is 0 Å². The lowest BCUT2D eigenvalue weighted by Gasteiger charge is -2.24. The van der Waals surface area contributed by atoms with Crippen LogP contribution in [-0.4, -0.2) is 58.7 Å². The number of nitrogens with zero attached hydrogens (tertiary/aromatic N) is 1. The first-order valence-electron chi connectivity index (χ1n) is 10.4. The van der Waals surface area contributed by atoms with Gasteiger partial charge in [-0.05, 0) is 36.2 Å². The van der Waals surface area contributed by atoms with Crippen molar-refractivity contribution in [3.05, 3.63) is 42.0 Å². The molecule has 0 fully saturated rings. The molecule has 1 atom stereocenters. The van der Waals surface area contributed by atoms with Crippen LogP contribution in [0.4, 0.5) is 0 Å². The normalized spacial score (nSPS) is 15.8. The number of hydrogen-bond donors (Lipinski definition) is 1. The van der Waals surface area contributed by atoms with Crippen LogP contribution < -0.4 is 24.3 Å². The van der Waals surface area contributed by atoms with Crippen LogP contribution in [0.15, 0.2) is 41.3 Å². The predicted molar refractivity (Wildman–Crippen MR) is 116 cm³/mol. The van der Waals surface area contributed by atoms with E-state index in [1.807, 2.05) is 25.1 Å². The number of ether oxygens (including phenoxy) is 4. The molecule has 32 heavy (non-hydrogen) atoms. The molecule has 0 radical (unpaired) electrons. The van der Waals surface area contributed by atoms with Crippen LogP contribution in [0.1, 0.15) is 24.9 Å². The number of carbonyl (C=O) groups excluding carboxylic acids is 1. The summed E-state index contributed by atoms with van der Waals surface area (Å²) in [6.45, 7) is 3.37. The molecule has 2 aromatic rings. The maximum atomic E-state index is 13.0. The second-order valence-corrected chi connectivity index (χ2v) is 9.54. The van der Waals surface area contributed by atoms with Crippen molar-refractivity contribution >= 4 is 15.9 Å². The third-order valence-corrected chi connectivity index (χ3v) is 7.10. The van der Waals surface area contributed by atoms with Crippen LogP contribution in [0.25, 0.3) is 0 Å². The van der Waals surface area contributed by atoms with Crippen molar-refractivity contribution in [2.45, 2.75) is 24.3 Å². The van der Waals surface area contributed by atoms with E-state index in [1.54, 1.807) is 6.07 Å². The van der Waals surface area contributed by atoms with Gasteiger partial charge in [0.1, 0.15) is 26.4 Å². The summed E-state index contributed by atoms with van der Waals surface area (Å²) >= 11 is 0. The minimum absolute atomic E-state index is 0.0379. The van der Waals surface area contributed by atoms with Crippen LogP contribution in [0.5, 0.6) is 23.0 Å². The molecule has 2 heterocycles. The van der Waals surface area contributed by atoms with Crippen LogP contribution >= 0.6 is 0 Å². The van der Waals surface area contributed by atoms with Crippen molar-refractivity contribution in [1.82, 2.24) is 9.62 Å². The fourth-order valence-corrected chi connectivity index (χ4v) is 4.73. The molecule has 0 saturated heterocycles. The zero-order valence-corrected chi connectivity index (χ0v) is 18.8. The number of likely N-dealkylation sites (N-methyl/N-ethyl adjacent to an activating group) is 1. The molecule has 2 aliphatic heterocycles. The number of sulfonamides is 1. The highest BCUT2D eigenvalue weighted by Crippen LogP contribution is 2.34. The molecule has 9 nitrogen and oxygen atoms in total. The SMILES string of the molecule is CCC(NC(=O)CN(C)S(=O)(=O)c1ccc2c(c1)OCCO2)c1ccc2c(c1)OCCO2. The Kier molecular flexibility index (Phi) is 6.43. The summed E-state index contributed by atoms with van der Waals surface area (Å²) in [6.07, 6.45) is 0.629. The Morgan fingerprint density at radius 3 is 2.12 bits per heavy atom. The second-order valence-electron chi connectivity index (χ2n) is 7.50. The van der Waals surface area contributed by atoms with E-state index < -0.39 is 15.9 Å². The molecule has 0 spiro atoms. The molecular weight excluding hydrogens is 436 g/mol. The number of hydrogen-bond acceptors (Lipinski definition) is 7. The van der Waals surface area contributed by atoms with Crippen LogP contribution in [-0.2, 0) is 14.8 Å². The van der Waals surface area contributed by atoms with Crippen LogP contribution in [0, 0.1) is 0 Å². The molecule has 0 aliphatic carbocycles. The maximum absolute atomic E-state index is 13.0. The van der Waals surface area contributed by atoms with Crippen LogP contribution in [0.2, 0.25) is 0 Å².